The summed E-state index contributed by atoms with van der Waals surface area (Å²) in [6.45, 7) is 3.77. The maximum Gasteiger partial charge on any atom is 0.0181 e. The van der Waals surface area contributed by atoms with Crippen LogP contribution >= 0.6 is 22.6 Å². The van der Waals surface area contributed by atoms with Gasteiger partial charge in [-0.15, -0.1) is 0 Å². The van der Waals surface area contributed by atoms with Crippen molar-refractivity contribution in [2.45, 2.75) is 32.1 Å². The van der Waals surface area contributed by atoms with Gasteiger partial charge in [0.1, 0.15) is 0 Å². The van der Waals surface area contributed by atoms with Gasteiger partial charge in [0, 0.05) is 29.0 Å². The van der Waals surface area contributed by atoms with Crippen LogP contribution in [0.3, 0.4) is 0 Å². The second-order valence-corrected chi connectivity index (χ2v) is 2.47. The van der Waals surface area contributed by atoms with E-state index in [4.69, 9.17) is 0 Å². The minimum atomic E-state index is 1.06. The molecule has 0 atom stereocenters. The molecule has 0 heterocycles. The Balaban J connectivity index is 2.80. The highest BCUT2D eigenvalue weighted by Crippen LogP contribution is 2.00. The Morgan fingerprint density at radius 2 is 2.00 bits per heavy atom. The topological polar surface area (TPSA) is 0 Å². The lowest BCUT2D eigenvalue weighted by Gasteiger charge is -1.90. The van der Waals surface area contributed by atoms with Gasteiger partial charge in [-0.2, -0.15) is 0 Å². The lowest BCUT2D eigenvalue weighted by atomic mass is 10.2. The van der Waals surface area contributed by atoms with Gasteiger partial charge in [-0.1, -0.05) is 32.1 Å². The average molecular weight is 235 g/mol. The number of halogens is 1. The molecule has 1 heteroatoms. The fourth-order valence-electron chi connectivity index (χ4n) is 0.614. The van der Waals surface area contributed by atoms with Crippen LogP contribution in [-0.4, -0.2) is 0 Å². The normalized spacial score (nSPS) is 8.22. The molecule has 0 unspecified atom stereocenters. The zero-order valence-corrected chi connectivity index (χ0v) is 7.78. The maximum absolute atomic E-state index is 3.77. The molecular weight excluding hydrogens is 223 g/mol. The summed E-state index contributed by atoms with van der Waals surface area (Å²) in [5, 5.41) is 0. The first-order valence-electron chi connectivity index (χ1n) is 3.29. The average Bonchev–Trinajstić information content (AvgIpc) is 1.89. The third kappa shape index (κ3) is 8.29. The summed E-state index contributed by atoms with van der Waals surface area (Å²) >= 11 is 2.08. The van der Waals surface area contributed by atoms with E-state index >= 15 is 0 Å². The first kappa shape index (κ1) is 9.29. The Morgan fingerprint density at radius 3 is 2.56 bits per heavy atom. The smallest absolute Gasteiger partial charge is 0.0181 e. The zero-order valence-electron chi connectivity index (χ0n) is 5.62. The fourth-order valence-corrected chi connectivity index (χ4v) is 0.884. The molecule has 1 radical (unpaired) electrons. The van der Waals surface area contributed by atoms with Gasteiger partial charge in [0.25, 0.3) is 0 Å². The van der Waals surface area contributed by atoms with Crippen molar-refractivity contribution in [1.29, 1.82) is 0 Å². The Hall–Kier alpha value is 0.290. The minimum absolute atomic E-state index is 1.06. The number of unbranched alkanes of at least 4 members (excludes halogenated alkanes) is 4. The predicted octanol–water partition coefficient (Wildman–Crippen LogP) is 3.17. The first-order chi connectivity index (χ1) is 4.41. The van der Waals surface area contributed by atoms with Crippen LogP contribution in [0.15, 0.2) is 0 Å². The molecule has 0 spiro atoms. The molecule has 0 aliphatic heterocycles. The molecule has 0 saturated carbocycles. The van der Waals surface area contributed by atoms with Gasteiger partial charge in [0.05, 0.1) is 0 Å². The van der Waals surface area contributed by atoms with E-state index in [1.54, 1.807) is 0 Å². The van der Waals surface area contributed by atoms with Crippen molar-refractivity contribution in [3.05, 3.63) is 6.92 Å². The van der Waals surface area contributed by atoms with Gasteiger partial charge in [-0.25, -0.2) is 0 Å². The van der Waals surface area contributed by atoms with E-state index in [1.807, 2.05) is 0 Å². The number of hydrogen-bond acceptors (Lipinski definition) is 0. The van der Waals surface area contributed by atoms with Gasteiger partial charge in [-0.3, -0.25) is 0 Å². The highest BCUT2D eigenvalue weighted by molar-refractivity contribution is 14.1. The second kappa shape index (κ2) is 8.29. The Labute approximate surface area is 71.6 Å². The number of hydrogen-bond donors (Lipinski definition) is 0. The third-order valence-electron chi connectivity index (χ3n) is 1.12. The van der Waals surface area contributed by atoms with E-state index in [0.29, 0.717) is 0 Å². The van der Waals surface area contributed by atoms with E-state index in [2.05, 4.69) is 39.4 Å². The summed E-state index contributed by atoms with van der Waals surface area (Å²) in [4.78, 5) is 0. The van der Waals surface area contributed by atoms with Crippen LogP contribution < -0.4 is 0 Å². The van der Waals surface area contributed by atoms with Gasteiger partial charge < -0.3 is 0 Å². The monoisotopic (exact) mass is 235 g/mol. The van der Waals surface area contributed by atoms with E-state index in [0.717, 1.165) is 12.8 Å². The molecule has 0 nitrogen and oxygen atoms in total. The van der Waals surface area contributed by atoms with Crippen molar-refractivity contribution in [3.8, 4) is 9.85 Å². The summed E-state index contributed by atoms with van der Waals surface area (Å²) in [7, 11) is 0. The lowest BCUT2D eigenvalue weighted by Crippen LogP contribution is -1.72. The quantitative estimate of drug-likeness (QED) is 0.399. The third-order valence-corrected chi connectivity index (χ3v) is 1.50. The van der Waals surface area contributed by atoms with Gasteiger partial charge >= 0.3 is 0 Å². The van der Waals surface area contributed by atoms with Crippen LogP contribution in [-0.2, 0) is 0 Å². The summed E-state index contributed by atoms with van der Waals surface area (Å²) in [5.74, 6) is 3.02. The van der Waals surface area contributed by atoms with Crippen molar-refractivity contribution in [2.24, 2.45) is 0 Å². The summed E-state index contributed by atoms with van der Waals surface area (Å²) < 4.78 is 2.85. The molecule has 0 aromatic heterocycles. The van der Waals surface area contributed by atoms with E-state index in [1.165, 1.54) is 19.3 Å². The Bertz CT molecular complexity index is 96.9. The largest absolute Gasteiger partial charge is 0.0919 e. The molecule has 0 amide bonds. The highest BCUT2D eigenvalue weighted by atomic mass is 127. The molecule has 0 bridgehead atoms. The summed E-state index contributed by atoms with van der Waals surface area (Å²) in [6, 6.07) is 0. The van der Waals surface area contributed by atoms with Crippen LogP contribution in [0.5, 0.6) is 0 Å². The molecule has 51 valence electrons. The SMILES string of the molecule is [CH2]CCCCCC#CI. The van der Waals surface area contributed by atoms with Crippen LogP contribution in [0, 0.1) is 16.8 Å². The van der Waals surface area contributed by atoms with Crippen LogP contribution in [0.25, 0.3) is 0 Å². The lowest BCUT2D eigenvalue weighted by molar-refractivity contribution is 0.701. The van der Waals surface area contributed by atoms with Gasteiger partial charge in [-0.05, 0) is 10.3 Å². The van der Waals surface area contributed by atoms with Crippen LogP contribution in [0.2, 0.25) is 0 Å². The van der Waals surface area contributed by atoms with Crippen molar-refractivity contribution >= 4 is 22.6 Å². The molecular formula is C8H12I. The van der Waals surface area contributed by atoms with Crippen molar-refractivity contribution < 1.29 is 0 Å². The molecule has 0 fully saturated rings. The molecule has 0 aliphatic carbocycles. The van der Waals surface area contributed by atoms with Crippen LogP contribution in [0.4, 0.5) is 0 Å². The molecule has 0 aliphatic rings. The molecule has 0 aromatic carbocycles. The van der Waals surface area contributed by atoms with Crippen LogP contribution in [0.1, 0.15) is 32.1 Å². The summed E-state index contributed by atoms with van der Waals surface area (Å²) in [5.41, 5.74) is 0. The molecule has 0 rings (SSSR count). The van der Waals surface area contributed by atoms with E-state index < -0.39 is 0 Å². The van der Waals surface area contributed by atoms with Crippen molar-refractivity contribution in [3.63, 3.8) is 0 Å². The standard InChI is InChI=1S/C8H12I/c1-2-3-4-5-6-7-8-9/h1-6H2. The molecule has 9 heavy (non-hydrogen) atoms. The predicted molar refractivity (Wildman–Crippen MR) is 50.2 cm³/mol. The van der Waals surface area contributed by atoms with Gasteiger partial charge in [0.2, 0.25) is 0 Å². The highest BCUT2D eigenvalue weighted by Gasteiger charge is 1.82. The summed E-state index contributed by atoms with van der Waals surface area (Å²) in [6.07, 6.45) is 5.91. The Kier molecular flexibility index (Phi) is 8.56. The fraction of sp³-hybridized carbons (Fsp3) is 0.625. The molecule has 0 N–H and O–H groups in total. The van der Waals surface area contributed by atoms with Crippen molar-refractivity contribution in [2.75, 3.05) is 0 Å². The van der Waals surface area contributed by atoms with Gasteiger partial charge in [0.15, 0.2) is 0 Å². The second-order valence-electron chi connectivity index (χ2n) is 1.94. The Morgan fingerprint density at radius 1 is 1.22 bits per heavy atom. The first-order valence-corrected chi connectivity index (χ1v) is 4.37. The molecule has 0 aromatic rings. The van der Waals surface area contributed by atoms with Crippen molar-refractivity contribution in [1.82, 2.24) is 0 Å². The maximum atomic E-state index is 3.77. The molecule has 0 saturated heterocycles. The zero-order chi connectivity index (χ0) is 6.95. The minimum Gasteiger partial charge on any atom is -0.0919 e. The number of rotatable bonds is 4. The van der Waals surface area contributed by atoms with E-state index in [9.17, 15) is 0 Å². The van der Waals surface area contributed by atoms with E-state index in [-0.39, 0.29) is 0 Å².